The van der Waals surface area contributed by atoms with Gasteiger partial charge in [0.2, 0.25) is 0 Å². The number of nitrogens with one attached hydrogen (secondary N) is 1. The molecule has 1 saturated carbocycles. The van der Waals surface area contributed by atoms with E-state index in [1.165, 1.54) is 31.7 Å². The molecular weight excluding hydrogens is 271 g/mol. The maximum absolute atomic E-state index is 12.5. The van der Waals surface area contributed by atoms with Gasteiger partial charge in [-0.25, -0.2) is 0 Å². The second kappa shape index (κ2) is 6.07. The van der Waals surface area contributed by atoms with Crippen molar-refractivity contribution < 1.29 is 13.2 Å². The first-order valence-corrected chi connectivity index (χ1v) is 7.38. The Balaban J connectivity index is 2.06. The van der Waals surface area contributed by atoms with Crippen molar-refractivity contribution in [2.45, 2.75) is 49.1 Å². The molecule has 1 unspecified atom stereocenters. The molecule has 0 radical (unpaired) electrons. The van der Waals surface area contributed by atoms with E-state index in [1.54, 1.807) is 18.2 Å². The highest BCUT2D eigenvalue weighted by molar-refractivity contribution is 8.00. The van der Waals surface area contributed by atoms with Crippen LogP contribution in [0.2, 0.25) is 0 Å². The van der Waals surface area contributed by atoms with Crippen molar-refractivity contribution in [2.24, 2.45) is 5.92 Å². The minimum atomic E-state index is -4.24. The molecule has 1 N–H and O–H groups in total. The highest BCUT2D eigenvalue weighted by atomic mass is 32.2. The van der Waals surface area contributed by atoms with Crippen LogP contribution in [-0.4, -0.2) is 11.6 Å². The SMILES string of the molecule is CC(Nc1ccccc1SC(F)(F)F)C1CCCC1. The van der Waals surface area contributed by atoms with Gasteiger partial charge in [0.15, 0.2) is 0 Å². The minimum Gasteiger partial charge on any atom is -0.381 e. The van der Waals surface area contributed by atoms with Crippen molar-refractivity contribution in [1.82, 2.24) is 0 Å². The Morgan fingerprint density at radius 2 is 1.84 bits per heavy atom. The third-order valence-electron chi connectivity index (χ3n) is 3.60. The number of hydrogen-bond donors (Lipinski definition) is 1. The van der Waals surface area contributed by atoms with Gasteiger partial charge in [0.05, 0.1) is 0 Å². The molecule has 0 aliphatic heterocycles. The molecule has 1 aromatic carbocycles. The molecule has 0 spiro atoms. The zero-order chi connectivity index (χ0) is 13.9. The number of thioether (sulfide) groups is 1. The number of halogens is 3. The van der Waals surface area contributed by atoms with Crippen LogP contribution in [0.5, 0.6) is 0 Å². The van der Waals surface area contributed by atoms with Gasteiger partial charge in [-0.05, 0) is 49.6 Å². The van der Waals surface area contributed by atoms with Gasteiger partial charge in [-0.2, -0.15) is 13.2 Å². The molecule has 1 fully saturated rings. The maximum Gasteiger partial charge on any atom is 0.446 e. The van der Waals surface area contributed by atoms with Crippen molar-refractivity contribution in [2.75, 3.05) is 5.32 Å². The average Bonchev–Trinajstić information content (AvgIpc) is 2.83. The van der Waals surface area contributed by atoms with Crippen LogP contribution in [0.4, 0.5) is 18.9 Å². The van der Waals surface area contributed by atoms with E-state index < -0.39 is 5.51 Å². The Morgan fingerprint density at radius 3 is 2.47 bits per heavy atom. The van der Waals surface area contributed by atoms with E-state index in [0.29, 0.717) is 11.6 Å². The number of alkyl halides is 3. The Kier molecular flexibility index (Phi) is 4.66. The summed E-state index contributed by atoms with van der Waals surface area (Å²) in [5.41, 5.74) is -3.65. The predicted molar refractivity (Wildman–Crippen MR) is 73.4 cm³/mol. The fraction of sp³-hybridized carbons (Fsp3) is 0.571. The molecular formula is C14H18F3NS. The fourth-order valence-electron chi connectivity index (χ4n) is 2.62. The molecule has 0 amide bonds. The summed E-state index contributed by atoms with van der Waals surface area (Å²) in [6, 6.07) is 6.86. The summed E-state index contributed by atoms with van der Waals surface area (Å²) in [4.78, 5) is 0.250. The zero-order valence-electron chi connectivity index (χ0n) is 10.8. The molecule has 0 saturated heterocycles. The van der Waals surface area contributed by atoms with Gasteiger partial charge in [-0.15, -0.1) is 0 Å². The van der Waals surface area contributed by atoms with Crippen molar-refractivity contribution in [3.05, 3.63) is 24.3 Å². The summed E-state index contributed by atoms with van der Waals surface area (Å²) < 4.78 is 37.5. The molecule has 2 rings (SSSR count). The largest absolute Gasteiger partial charge is 0.446 e. The Bertz CT molecular complexity index is 413. The van der Waals surface area contributed by atoms with E-state index in [2.05, 4.69) is 12.2 Å². The topological polar surface area (TPSA) is 12.0 Å². The third-order valence-corrected chi connectivity index (χ3v) is 4.41. The Labute approximate surface area is 116 Å². The molecule has 1 aromatic rings. The maximum atomic E-state index is 12.5. The van der Waals surface area contributed by atoms with Gasteiger partial charge in [0.1, 0.15) is 0 Å². The van der Waals surface area contributed by atoms with Gasteiger partial charge >= 0.3 is 5.51 Å². The van der Waals surface area contributed by atoms with Crippen LogP contribution in [0.1, 0.15) is 32.6 Å². The number of anilines is 1. The normalized spacial score (nSPS) is 18.5. The molecule has 0 bridgehead atoms. The number of benzene rings is 1. The lowest BCUT2D eigenvalue weighted by Gasteiger charge is -2.23. The van der Waals surface area contributed by atoms with E-state index in [0.717, 1.165) is 0 Å². The summed E-state index contributed by atoms with van der Waals surface area (Å²) in [7, 11) is 0. The van der Waals surface area contributed by atoms with Crippen LogP contribution >= 0.6 is 11.8 Å². The quantitative estimate of drug-likeness (QED) is 0.756. The first-order chi connectivity index (χ1) is 8.96. The van der Waals surface area contributed by atoms with E-state index in [9.17, 15) is 13.2 Å². The number of hydrogen-bond acceptors (Lipinski definition) is 2. The van der Waals surface area contributed by atoms with Crippen LogP contribution in [0, 0.1) is 5.92 Å². The van der Waals surface area contributed by atoms with Gasteiger partial charge in [-0.1, -0.05) is 25.0 Å². The monoisotopic (exact) mass is 289 g/mol. The zero-order valence-corrected chi connectivity index (χ0v) is 11.7. The Hall–Kier alpha value is -0.840. The standard InChI is InChI=1S/C14H18F3NS/c1-10(11-6-2-3-7-11)18-12-8-4-5-9-13(12)19-14(15,16)17/h4-5,8-11,18H,2-3,6-7H2,1H3. The van der Waals surface area contributed by atoms with E-state index in [4.69, 9.17) is 0 Å². The van der Waals surface area contributed by atoms with E-state index in [-0.39, 0.29) is 22.7 Å². The predicted octanol–water partition coefficient (Wildman–Crippen LogP) is 5.29. The van der Waals surface area contributed by atoms with Crippen molar-refractivity contribution in [3.8, 4) is 0 Å². The second-order valence-electron chi connectivity index (χ2n) is 5.02. The molecule has 0 aromatic heterocycles. The van der Waals surface area contributed by atoms with Gasteiger partial charge in [-0.3, -0.25) is 0 Å². The molecule has 0 heterocycles. The molecule has 106 valence electrons. The molecule has 5 heteroatoms. The smallest absolute Gasteiger partial charge is 0.381 e. The van der Waals surface area contributed by atoms with Crippen LogP contribution in [0.15, 0.2) is 29.2 Å². The first-order valence-electron chi connectivity index (χ1n) is 6.57. The van der Waals surface area contributed by atoms with E-state index in [1.807, 2.05) is 0 Å². The van der Waals surface area contributed by atoms with Crippen LogP contribution < -0.4 is 5.32 Å². The van der Waals surface area contributed by atoms with E-state index >= 15 is 0 Å². The fourth-order valence-corrected chi connectivity index (χ4v) is 3.25. The number of rotatable bonds is 4. The van der Waals surface area contributed by atoms with Crippen LogP contribution in [0.3, 0.4) is 0 Å². The lowest BCUT2D eigenvalue weighted by Crippen LogP contribution is -2.24. The third kappa shape index (κ3) is 4.34. The van der Waals surface area contributed by atoms with Crippen molar-refractivity contribution >= 4 is 17.4 Å². The summed E-state index contributed by atoms with van der Waals surface area (Å²) in [5.74, 6) is 0.573. The van der Waals surface area contributed by atoms with Gasteiger partial charge in [0.25, 0.3) is 0 Å². The van der Waals surface area contributed by atoms with Gasteiger partial charge in [0, 0.05) is 16.6 Å². The summed E-state index contributed by atoms with van der Waals surface area (Å²) >= 11 is -0.0506. The summed E-state index contributed by atoms with van der Waals surface area (Å²) in [6.07, 6.45) is 4.80. The lowest BCUT2D eigenvalue weighted by atomic mass is 9.99. The molecule has 19 heavy (non-hydrogen) atoms. The van der Waals surface area contributed by atoms with Crippen molar-refractivity contribution in [1.29, 1.82) is 0 Å². The first kappa shape index (κ1) is 14.6. The lowest BCUT2D eigenvalue weighted by molar-refractivity contribution is -0.0327. The van der Waals surface area contributed by atoms with Gasteiger partial charge < -0.3 is 5.32 Å². The number of para-hydroxylation sites is 1. The Morgan fingerprint density at radius 1 is 1.21 bits per heavy atom. The highest BCUT2D eigenvalue weighted by Crippen LogP contribution is 2.41. The van der Waals surface area contributed by atoms with Crippen LogP contribution in [0.25, 0.3) is 0 Å². The average molecular weight is 289 g/mol. The summed E-state index contributed by atoms with van der Waals surface area (Å²) in [5, 5.41) is 3.25. The van der Waals surface area contributed by atoms with Crippen LogP contribution in [-0.2, 0) is 0 Å². The minimum absolute atomic E-state index is 0.0506. The highest BCUT2D eigenvalue weighted by Gasteiger charge is 2.31. The molecule has 1 atom stereocenters. The molecule has 1 aliphatic rings. The molecule has 1 nitrogen and oxygen atoms in total. The van der Waals surface area contributed by atoms with Crippen molar-refractivity contribution in [3.63, 3.8) is 0 Å². The summed E-state index contributed by atoms with van der Waals surface area (Å²) in [6.45, 7) is 2.06. The molecule has 1 aliphatic carbocycles. The second-order valence-corrected chi connectivity index (χ2v) is 6.13.